The lowest BCUT2D eigenvalue weighted by molar-refractivity contribution is -0.143. The van der Waals surface area contributed by atoms with E-state index in [1.807, 2.05) is 41.1 Å². The molecular weight excluding hydrogens is 300 g/mol. The maximum atomic E-state index is 12.5. The third kappa shape index (κ3) is 2.69. The van der Waals surface area contributed by atoms with Gasteiger partial charge in [0, 0.05) is 12.2 Å². The van der Waals surface area contributed by atoms with Crippen molar-refractivity contribution in [2.45, 2.75) is 12.5 Å². The van der Waals surface area contributed by atoms with E-state index >= 15 is 0 Å². The fourth-order valence-electron chi connectivity index (χ4n) is 2.59. The summed E-state index contributed by atoms with van der Waals surface area (Å²) in [4.78, 5) is 26.2. The van der Waals surface area contributed by atoms with Crippen molar-refractivity contribution in [1.29, 1.82) is 0 Å². The van der Waals surface area contributed by atoms with Crippen LogP contribution < -0.4 is 10.2 Å². The summed E-state index contributed by atoms with van der Waals surface area (Å²) in [5, 5.41) is 6.47. The Bertz CT molecular complexity index is 684. The fraction of sp³-hybridized carbons (Fsp3) is 0.250. The topological polar surface area (TPSA) is 58.6 Å². The molecule has 0 radical (unpaired) electrons. The maximum absolute atomic E-state index is 12.5. The minimum absolute atomic E-state index is 0.286. The molecule has 2 amide bonds. The van der Waals surface area contributed by atoms with Crippen LogP contribution in [0.1, 0.15) is 17.2 Å². The molecule has 0 aliphatic carbocycles. The third-order valence-electron chi connectivity index (χ3n) is 3.71. The molecule has 0 saturated heterocycles. The highest BCUT2D eigenvalue weighted by Crippen LogP contribution is 2.28. The van der Waals surface area contributed by atoms with Gasteiger partial charge >= 0.3 is 12.0 Å². The van der Waals surface area contributed by atoms with E-state index in [0.29, 0.717) is 6.54 Å². The maximum Gasteiger partial charge on any atom is 0.333 e. The quantitative estimate of drug-likeness (QED) is 0.886. The number of rotatable bonds is 3. The summed E-state index contributed by atoms with van der Waals surface area (Å²) in [6.45, 7) is 0.614. The van der Waals surface area contributed by atoms with Crippen LogP contribution in [0.2, 0.25) is 0 Å². The number of methoxy groups -OCH3 is 1. The number of ether oxygens (including phenoxy) is 1. The van der Waals surface area contributed by atoms with Crippen molar-refractivity contribution < 1.29 is 14.3 Å². The molecule has 1 N–H and O–H groups in total. The molecule has 5 nitrogen and oxygen atoms in total. The lowest BCUT2D eigenvalue weighted by Gasteiger charge is -2.22. The number of hydrogen-bond donors (Lipinski definition) is 1. The van der Waals surface area contributed by atoms with Gasteiger partial charge in [-0.05, 0) is 40.4 Å². The molecule has 3 rings (SSSR count). The SMILES string of the molecule is COC(=O)[C@@H](NC(=O)N1CCc2ccccc21)c1ccsc1. The Morgan fingerprint density at radius 3 is 2.86 bits per heavy atom. The predicted octanol–water partition coefficient (Wildman–Crippen LogP) is 2.73. The van der Waals surface area contributed by atoms with E-state index in [2.05, 4.69) is 5.32 Å². The zero-order valence-corrected chi connectivity index (χ0v) is 12.9. The van der Waals surface area contributed by atoms with Crippen molar-refractivity contribution in [2.24, 2.45) is 0 Å². The van der Waals surface area contributed by atoms with Gasteiger partial charge in [-0.15, -0.1) is 0 Å². The lowest BCUT2D eigenvalue weighted by Crippen LogP contribution is -2.43. The molecule has 1 atom stereocenters. The number of fused-ring (bicyclic) bond motifs is 1. The number of para-hydroxylation sites is 1. The molecule has 22 heavy (non-hydrogen) atoms. The van der Waals surface area contributed by atoms with Gasteiger partial charge in [0.15, 0.2) is 6.04 Å². The van der Waals surface area contributed by atoms with Gasteiger partial charge in [-0.2, -0.15) is 11.3 Å². The van der Waals surface area contributed by atoms with Crippen LogP contribution in [-0.2, 0) is 16.0 Å². The van der Waals surface area contributed by atoms with Gasteiger partial charge < -0.3 is 10.1 Å². The van der Waals surface area contributed by atoms with Crippen LogP contribution in [0.4, 0.5) is 10.5 Å². The van der Waals surface area contributed by atoms with E-state index in [4.69, 9.17) is 4.74 Å². The molecule has 0 bridgehead atoms. The summed E-state index contributed by atoms with van der Waals surface area (Å²) in [5.74, 6) is -0.473. The molecule has 2 heterocycles. The highest BCUT2D eigenvalue weighted by Gasteiger charge is 2.29. The Kier molecular flexibility index (Phi) is 4.11. The second-order valence-electron chi connectivity index (χ2n) is 4.99. The van der Waals surface area contributed by atoms with Crippen molar-refractivity contribution in [3.05, 3.63) is 52.2 Å². The summed E-state index contributed by atoms with van der Waals surface area (Å²) >= 11 is 1.47. The summed E-state index contributed by atoms with van der Waals surface area (Å²) in [6, 6.07) is 8.54. The largest absolute Gasteiger partial charge is 0.467 e. The van der Waals surface area contributed by atoms with Gasteiger partial charge in [0.25, 0.3) is 0 Å². The van der Waals surface area contributed by atoms with Crippen LogP contribution in [0.15, 0.2) is 41.1 Å². The van der Waals surface area contributed by atoms with Crippen molar-refractivity contribution in [3.63, 3.8) is 0 Å². The summed E-state index contributed by atoms with van der Waals surface area (Å²) in [7, 11) is 1.32. The first-order valence-corrected chi connectivity index (χ1v) is 7.91. The van der Waals surface area contributed by atoms with Crippen LogP contribution in [0.25, 0.3) is 0 Å². The molecule has 1 aliphatic heterocycles. The molecular formula is C16H16N2O3S. The van der Waals surface area contributed by atoms with Crippen molar-refractivity contribution in [1.82, 2.24) is 5.32 Å². The smallest absolute Gasteiger partial charge is 0.333 e. The second kappa shape index (κ2) is 6.19. The zero-order chi connectivity index (χ0) is 15.5. The number of nitrogens with zero attached hydrogens (tertiary/aromatic N) is 1. The van der Waals surface area contributed by atoms with E-state index in [1.54, 1.807) is 4.90 Å². The molecule has 6 heteroatoms. The molecule has 1 aromatic carbocycles. The zero-order valence-electron chi connectivity index (χ0n) is 12.1. The van der Waals surface area contributed by atoms with Gasteiger partial charge in [0.1, 0.15) is 0 Å². The Morgan fingerprint density at radius 2 is 2.14 bits per heavy atom. The molecule has 2 aromatic rings. The number of nitrogens with one attached hydrogen (secondary N) is 1. The van der Waals surface area contributed by atoms with Crippen LogP contribution in [-0.4, -0.2) is 25.7 Å². The molecule has 0 spiro atoms. The van der Waals surface area contributed by atoms with Crippen molar-refractivity contribution in [3.8, 4) is 0 Å². The second-order valence-corrected chi connectivity index (χ2v) is 5.77. The van der Waals surface area contributed by atoms with E-state index in [-0.39, 0.29) is 6.03 Å². The highest BCUT2D eigenvalue weighted by molar-refractivity contribution is 7.08. The average molecular weight is 316 g/mol. The van der Waals surface area contributed by atoms with E-state index < -0.39 is 12.0 Å². The first-order valence-electron chi connectivity index (χ1n) is 6.96. The molecule has 0 fully saturated rings. The molecule has 0 unspecified atom stereocenters. The minimum atomic E-state index is -0.781. The van der Waals surface area contributed by atoms with E-state index in [0.717, 1.165) is 23.2 Å². The normalized spacial score (nSPS) is 14.3. The van der Waals surface area contributed by atoms with Gasteiger partial charge in [-0.3, -0.25) is 4.90 Å². The van der Waals surface area contributed by atoms with Crippen LogP contribution in [0.3, 0.4) is 0 Å². The van der Waals surface area contributed by atoms with Crippen molar-refractivity contribution >= 4 is 29.0 Å². The molecule has 1 aliphatic rings. The van der Waals surface area contributed by atoms with Crippen LogP contribution in [0, 0.1) is 0 Å². The molecule has 114 valence electrons. The van der Waals surface area contributed by atoms with Crippen LogP contribution >= 0.6 is 11.3 Å². The predicted molar refractivity (Wildman–Crippen MR) is 85.1 cm³/mol. The molecule has 0 saturated carbocycles. The Hall–Kier alpha value is -2.34. The van der Waals surface area contributed by atoms with Gasteiger partial charge in [0.05, 0.1) is 7.11 Å². The number of carbonyl (C=O) groups excluding carboxylic acids is 2. The Labute approximate surface area is 132 Å². The summed E-state index contributed by atoms with van der Waals surface area (Å²) in [5.41, 5.74) is 2.77. The van der Waals surface area contributed by atoms with Crippen molar-refractivity contribution in [2.75, 3.05) is 18.6 Å². The first-order chi connectivity index (χ1) is 10.7. The first kappa shape index (κ1) is 14.6. The number of thiophene rings is 1. The number of amides is 2. The fourth-order valence-corrected chi connectivity index (χ4v) is 3.27. The number of anilines is 1. The summed E-state index contributed by atoms with van der Waals surface area (Å²) < 4.78 is 4.80. The number of hydrogen-bond acceptors (Lipinski definition) is 4. The van der Waals surface area contributed by atoms with Gasteiger partial charge in [0.2, 0.25) is 0 Å². The lowest BCUT2D eigenvalue weighted by atomic mass is 10.1. The Morgan fingerprint density at radius 1 is 1.32 bits per heavy atom. The number of carbonyl (C=O) groups is 2. The minimum Gasteiger partial charge on any atom is -0.467 e. The average Bonchev–Trinajstić information content (AvgIpc) is 3.20. The number of urea groups is 1. The number of esters is 1. The van der Waals surface area contributed by atoms with E-state index in [9.17, 15) is 9.59 Å². The summed E-state index contributed by atoms with van der Waals surface area (Å²) in [6.07, 6.45) is 0.824. The monoisotopic (exact) mass is 316 g/mol. The third-order valence-corrected chi connectivity index (χ3v) is 4.41. The van der Waals surface area contributed by atoms with Gasteiger partial charge in [-0.25, -0.2) is 9.59 Å². The molecule has 1 aromatic heterocycles. The van der Waals surface area contributed by atoms with Crippen LogP contribution in [0.5, 0.6) is 0 Å². The van der Waals surface area contributed by atoms with Gasteiger partial charge in [-0.1, -0.05) is 18.2 Å². The van der Waals surface area contributed by atoms with E-state index in [1.165, 1.54) is 18.4 Å². The number of benzene rings is 1. The standard InChI is InChI=1S/C16H16N2O3S/c1-21-15(19)14(12-7-9-22-10-12)17-16(20)18-8-6-11-4-2-3-5-13(11)18/h2-5,7,9-10,14H,6,8H2,1H3,(H,17,20)/t14-/m0/s1. The highest BCUT2D eigenvalue weighted by atomic mass is 32.1. The Balaban J connectivity index is 1.79.